The van der Waals surface area contributed by atoms with Crippen molar-refractivity contribution in [1.29, 1.82) is 0 Å². The van der Waals surface area contributed by atoms with Crippen molar-refractivity contribution in [3.8, 4) is 0 Å². The number of rotatable bonds is 6. The number of amides is 2. The maximum absolute atomic E-state index is 12.3. The van der Waals surface area contributed by atoms with Gasteiger partial charge in [0.05, 0.1) is 19.2 Å². The molecule has 0 bridgehead atoms. The summed E-state index contributed by atoms with van der Waals surface area (Å²) in [5.74, 6) is 0.846. The quantitative estimate of drug-likeness (QED) is 0.849. The lowest BCUT2D eigenvalue weighted by Crippen LogP contribution is -2.44. The number of nitrogens with one attached hydrogen (secondary N) is 1. The molecule has 128 valence electrons. The van der Waals surface area contributed by atoms with E-state index in [2.05, 4.69) is 27.0 Å². The maximum atomic E-state index is 12.3. The molecule has 1 atom stereocenters. The zero-order chi connectivity index (χ0) is 16.8. The summed E-state index contributed by atoms with van der Waals surface area (Å²) in [6.07, 6.45) is 6.45. The Morgan fingerprint density at radius 2 is 2.17 bits per heavy atom. The Bertz CT molecular complexity index is 656. The molecule has 1 aromatic heterocycles. The highest BCUT2D eigenvalue weighted by Gasteiger charge is 2.27. The zero-order valence-corrected chi connectivity index (χ0v) is 13.8. The fourth-order valence-electron chi connectivity index (χ4n) is 3.15. The van der Waals surface area contributed by atoms with Gasteiger partial charge in [0.25, 0.3) is 0 Å². The summed E-state index contributed by atoms with van der Waals surface area (Å²) in [6.45, 7) is 1.96. The van der Waals surface area contributed by atoms with E-state index in [9.17, 15) is 9.90 Å². The predicted molar refractivity (Wildman–Crippen MR) is 91.4 cm³/mol. The van der Waals surface area contributed by atoms with Crippen LogP contribution in [0.3, 0.4) is 0 Å². The summed E-state index contributed by atoms with van der Waals surface area (Å²) < 4.78 is 2.07. The highest BCUT2D eigenvalue weighted by atomic mass is 16.3. The first-order valence-corrected chi connectivity index (χ1v) is 8.47. The second-order valence-corrected chi connectivity index (χ2v) is 6.10. The Labute approximate surface area is 142 Å². The Balaban J connectivity index is 1.53. The van der Waals surface area contributed by atoms with Crippen molar-refractivity contribution >= 4 is 6.03 Å². The van der Waals surface area contributed by atoms with Crippen molar-refractivity contribution in [3.63, 3.8) is 0 Å². The molecule has 2 aromatic rings. The highest BCUT2D eigenvalue weighted by Crippen LogP contribution is 2.16. The van der Waals surface area contributed by atoms with Crippen LogP contribution in [-0.4, -0.2) is 44.8 Å². The summed E-state index contributed by atoms with van der Waals surface area (Å²) in [7, 11) is 0. The third-order valence-electron chi connectivity index (χ3n) is 4.53. The maximum Gasteiger partial charge on any atom is 0.318 e. The molecular formula is C18H24N4O2. The van der Waals surface area contributed by atoms with E-state index in [1.807, 2.05) is 24.4 Å². The Morgan fingerprint density at radius 3 is 2.96 bits per heavy atom. The lowest BCUT2D eigenvalue weighted by molar-refractivity contribution is 0.156. The van der Waals surface area contributed by atoms with Crippen LogP contribution < -0.4 is 5.32 Å². The monoisotopic (exact) mass is 328 g/mol. The van der Waals surface area contributed by atoms with Gasteiger partial charge < -0.3 is 19.9 Å². The lowest BCUT2D eigenvalue weighted by Gasteiger charge is -2.23. The van der Waals surface area contributed by atoms with Gasteiger partial charge in [-0.25, -0.2) is 9.78 Å². The fraction of sp³-hybridized carbons (Fsp3) is 0.444. The second-order valence-electron chi connectivity index (χ2n) is 6.10. The van der Waals surface area contributed by atoms with Gasteiger partial charge >= 0.3 is 6.03 Å². The highest BCUT2D eigenvalue weighted by molar-refractivity contribution is 5.74. The number of likely N-dealkylation sites (tertiary alicyclic amines) is 1. The molecule has 2 amide bonds. The first-order chi connectivity index (χ1) is 11.8. The normalized spacial score (nSPS) is 17.2. The van der Waals surface area contributed by atoms with Gasteiger partial charge in [-0.2, -0.15) is 0 Å². The molecule has 1 aromatic carbocycles. The lowest BCUT2D eigenvalue weighted by atomic mass is 10.1. The van der Waals surface area contributed by atoms with Crippen LogP contribution in [0.4, 0.5) is 4.79 Å². The molecule has 0 unspecified atom stereocenters. The first kappa shape index (κ1) is 16.5. The van der Waals surface area contributed by atoms with Crippen LogP contribution in [0, 0.1) is 0 Å². The van der Waals surface area contributed by atoms with E-state index in [1.165, 1.54) is 5.56 Å². The molecule has 6 nitrogen and oxygen atoms in total. The number of hydrogen-bond acceptors (Lipinski definition) is 3. The second kappa shape index (κ2) is 7.97. The number of imidazole rings is 1. The van der Waals surface area contributed by atoms with Crippen molar-refractivity contribution in [2.45, 2.75) is 38.4 Å². The summed E-state index contributed by atoms with van der Waals surface area (Å²) in [4.78, 5) is 18.3. The minimum Gasteiger partial charge on any atom is -0.394 e. The average Bonchev–Trinajstić information content (AvgIpc) is 3.27. The van der Waals surface area contributed by atoms with E-state index in [0.29, 0.717) is 13.1 Å². The fourth-order valence-corrected chi connectivity index (χ4v) is 3.15. The topological polar surface area (TPSA) is 70.4 Å². The van der Waals surface area contributed by atoms with Gasteiger partial charge in [0.1, 0.15) is 5.82 Å². The van der Waals surface area contributed by atoms with Gasteiger partial charge in [-0.05, 0) is 24.8 Å². The summed E-state index contributed by atoms with van der Waals surface area (Å²) >= 11 is 0. The molecule has 0 spiro atoms. The molecule has 2 N–H and O–H groups in total. The number of urea groups is 1. The molecule has 6 heteroatoms. The number of carbonyl (C=O) groups excluding carboxylic acids is 1. The van der Waals surface area contributed by atoms with E-state index in [0.717, 1.165) is 31.6 Å². The van der Waals surface area contributed by atoms with E-state index in [1.54, 1.807) is 11.1 Å². The molecule has 24 heavy (non-hydrogen) atoms. The number of hydrogen-bond donors (Lipinski definition) is 2. The molecule has 2 heterocycles. The summed E-state index contributed by atoms with van der Waals surface area (Å²) in [5.41, 5.74) is 1.28. The van der Waals surface area contributed by atoms with Gasteiger partial charge in [-0.3, -0.25) is 0 Å². The van der Waals surface area contributed by atoms with E-state index < -0.39 is 0 Å². The van der Waals surface area contributed by atoms with Gasteiger partial charge in [0, 0.05) is 25.5 Å². The van der Waals surface area contributed by atoms with Crippen LogP contribution in [0.15, 0.2) is 42.7 Å². The molecular weight excluding hydrogens is 304 g/mol. The molecule has 1 saturated heterocycles. The Morgan fingerprint density at radius 1 is 1.33 bits per heavy atom. The van der Waals surface area contributed by atoms with Crippen LogP contribution in [0.2, 0.25) is 0 Å². The molecule has 0 saturated carbocycles. The molecule has 0 aliphatic carbocycles. The third-order valence-corrected chi connectivity index (χ3v) is 4.53. The number of aliphatic hydroxyl groups excluding tert-OH is 1. The molecule has 0 radical (unpaired) electrons. The van der Waals surface area contributed by atoms with Crippen molar-refractivity contribution in [2.75, 3.05) is 13.2 Å². The van der Waals surface area contributed by atoms with E-state index in [4.69, 9.17) is 0 Å². The predicted octanol–water partition coefficient (Wildman–Crippen LogP) is 1.79. The first-order valence-electron chi connectivity index (χ1n) is 8.47. The van der Waals surface area contributed by atoms with Gasteiger partial charge in [-0.1, -0.05) is 30.3 Å². The van der Waals surface area contributed by atoms with Crippen LogP contribution in [-0.2, 0) is 19.5 Å². The zero-order valence-electron chi connectivity index (χ0n) is 13.8. The minimum atomic E-state index is -0.121. The largest absolute Gasteiger partial charge is 0.394 e. The Kier molecular flexibility index (Phi) is 5.48. The SMILES string of the molecule is O=C(NCc1nccn1CCc1ccccc1)N1CCC[C@H]1CO. The number of nitrogens with zero attached hydrogens (tertiary/aromatic N) is 3. The third kappa shape index (κ3) is 3.94. The van der Waals surface area contributed by atoms with Crippen molar-refractivity contribution in [3.05, 3.63) is 54.1 Å². The number of aromatic nitrogens is 2. The summed E-state index contributed by atoms with van der Waals surface area (Å²) in [6, 6.07) is 10.1. The van der Waals surface area contributed by atoms with Crippen LogP contribution in [0.1, 0.15) is 24.2 Å². The average molecular weight is 328 g/mol. The molecule has 1 fully saturated rings. The number of carbonyl (C=O) groups is 1. The van der Waals surface area contributed by atoms with E-state index >= 15 is 0 Å². The molecule has 3 rings (SSSR count). The van der Waals surface area contributed by atoms with Gasteiger partial charge in [0.15, 0.2) is 0 Å². The van der Waals surface area contributed by atoms with Crippen LogP contribution in [0.5, 0.6) is 0 Å². The molecule has 1 aliphatic rings. The minimum absolute atomic E-state index is 0.0269. The number of aryl methyl sites for hydroxylation is 2. The van der Waals surface area contributed by atoms with Gasteiger partial charge in [-0.15, -0.1) is 0 Å². The Hall–Kier alpha value is -2.34. The van der Waals surface area contributed by atoms with Crippen molar-refractivity contribution in [1.82, 2.24) is 19.8 Å². The van der Waals surface area contributed by atoms with Crippen molar-refractivity contribution in [2.24, 2.45) is 0 Å². The van der Waals surface area contributed by atoms with Crippen LogP contribution >= 0.6 is 0 Å². The summed E-state index contributed by atoms with van der Waals surface area (Å²) in [5, 5.41) is 12.2. The van der Waals surface area contributed by atoms with Crippen LogP contribution in [0.25, 0.3) is 0 Å². The molecule has 1 aliphatic heterocycles. The smallest absolute Gasteiger partial charge is 0.318 e. The number of aliphatic hydroxyl groups is 1. The number of benzene rings is 1. The standard InChI is InChI=1S/C18H24N4O2/c23-14-16-7-4-10-22(16)18(24)20-13-17-19-9-12-21(17)11-8-15-5-2-1-3-6-15/h1-3,5-6,9,12,16,23H,4,7-8,10-11,13-14H2,(H,20,24)/t16-/m0/s1. The van der Waals surface area contributed by atoms with Crippen molar-refractivity contribution < 1.29 is 9.90 Å². The van der Waals surface area contributed by atoms with E-state index in [-0.39, 0.29) is 18.7 Å². The van der Waals surface area contributed by atoms with Gasteiger partial charge in [0.2, 0.25) is 0 Å².